The first kappa shape index (κ1) is 9.92. The first-order valence-corrected chi connectivity index (χ1v) is 4.57. The van der Waals surface area contributed by atoms with Gasteiger partial charge in [-0.25, -0.2) is 9.97 Å². The number of anilines is 1. The highest BCUT2D eigenvalue weighted by Crippen LogP contribution is 2.14. The lowest BCUT2D eigenvalue weighted by Gasteiger charge is -2.21. The van der Waals surface area contributed by atoms with Gasteiger partial charge in [0.05, 0.1) is 0 Å². The number of aromatic nitrogens is 2. The summed E-state index contributed by atoms with van der Waals surface area (Å²) in [5.74, 6) is 0.961. The Bertz CT molecular complexity index is 258. The summed E-state index contributed by atoms with van der Waals surface area (Å²) in [4.78, 5) is 10.3. The first-order valence-electron chi connectivity index (χ1n) is 4.57. The van der Waals surface area contributed by atoms with E-state index < -0.39 is 0 Å². The van der Waals surface area contributed by atoms with Gasteiger partial charge < -0.3 is 10.6 Å². The largest absolute Gasteiger partial charge is 0.357 e. The van der Waals surface area contributed by atoms with E-state index in [1.807, 2.05) is 0 Å². The number of hydrogen-bond acceptors (Lipinski definition) is 4. The van der Waals surface area contributed by atoms with Crippen LogP contribution in [0.3, 0.4) is 0 Å². The van der Waals surface area contributed by atoms with Crippen molar-refractivity contribution in [2.24, 2.45) is 5.73 Å². The second-order valence-corrected chi connectivity index (χ2v) is 2.75. The second-order valence-electron chi connectivity index (χ2n) is 2.75. The minimum absolute atomic E-state index is 0.493. The lowest BCUT2D eigenvalue weighted by molar-refractivity contribution is 0.824. The molecule has 0 radical (unpaired) electrons. The fourth-order valence-corrected chi connectivity index (χ4v) is 1.30. The molecule has 1 rings (SSSR count). The Labute approximate surface area is 78.8 Å². The Hall–Kier alpha value is -1.16. The number of nitrogens with two attached hydrogens (primary N) is 1. The van der Waals surface area contributed by atoms with Crippen LogP contribution in [-0.4, -0.2) is 23.1 Å². The summed E-state index contributed by atoms with van der Waals surface area (Å²) in [6, 6.07) is 0. The maximum Gasteiger partial charge on any atom is 0.136 e. The topological polar surface area (TPSA) is 55.0 Å². The maximum absolute atomic E-state index is 5.59. The third-order valence-corrected chi connectivity index (χ3v) is 2.05. The molecule has 0 saturated carbocycles. The molecule has 0 unspecified atom stereocenters. The van der Waals surface area contributed by atoms with Gasteiger partial charge in [-0.15, -0.1) is 0 Å². The molecule has 4 heteroatoms. The molecule has 0 saturated heterocycles. The van der Waals surface area contributed by atoms with Gasteiger partial charge in [-0.1, -0.05) is 0 Å². The summed E-state index contributed by atoms with van der Waals surface area (Å²) < 4.78 is 0. The van der Waals surface area contributed by atoms with Crippen LogP contribution in [0.1, 0.15) is 19.4 Å². The molecule has 1 aromatic heterocycles. The second kappa shape index (κ2) is 4.77. The lowest BCUT2D eigenvalue weighted by atomic mass is 10.3. The molecular formula is C9H16N4. The minimum atomic E-state index is 0.493. The van der Waals surface area contributed by atoms with Gasteiger partial charge in [-0.2, -0.15) is 0 Å². The van der Waals surface area contributed by atoms with E-state index in [2.05, 4.69) is 28.7 Å². The molecule has 0 atom stereocenters. The van der Waals surface area contributed by atoms with Crippen LogP contribution in [0.5, 0.6) is 0 Å². The molecule has 1 aromatic rings. The first-order chi connectivity index (χ1) is 6.33. The predicted molar refractivity (Wildman–Crippen MR) is 53.5 cm³/mol. The van der Waals surface area contributed by atoms with E-state index in [1.165, 1.54) is 0 Å². The summed E-state index contributed by atoms with van der Waals surface area (Å²) in [6.07, 6.45) is 3.34. The highest BCUT2D eigenvalue weighted by atomic mass is 15.2. The maximum atomic E-state index is 5.59. The van der Waals surface area contributed by atoms with Crippen LogP contribution < -0.4 is 10.6 Å². The van der Waals surface area contributed by atoms with E-state index >= 15 is 0 Å². The molecular weight excluding hydrogens is 164 g/mol. The third kappa shape index (κ3) is 2.15. The average molecular weight is 180 g/mol. The zero-order valence-corrected chi connectivity index (χ0v) is 8.20. The zero-order chi connectivity index (χ0) is 9.68. The summed E-state index contributed by atoms with van der Waals surface area (Å²) in [6.45, 7) is 6.59. The molecule has 72 valence electrons. The van der Waals surface area contributed by atoms with Crippen molar-refractivity contribution in [2.45, 2.75) is 20.4 Å². The molecule has 4 nitrogen and oxygen atoms in total. The fraction of sp³-hybridized carbons (Fsp3) is 0.556. The quantitative estimate of drug-likeness (QED) is 0.744. The van der Waals surface area contributed by atoms with E-state index in [1.54, 1.807) is 12.5 Å². The van der Waals surface area contributed by atoms with Crippen LogP contribution in [0.4, 0.5) is 5.82 Å². The molecule has 0 aliphatic heterocycles. The average Bonchev–Trinajstić information content (AvgIpc) is 2.20. The minimum Gasteiger partial charge on any atom is -0.357 e. The van der Waals surface area contributed by atoms with Gasteiger partial charge in [0.1, 0.15) is 12.1 Å². The van der Waals surface area contributed by atoms with Crippen molar-refractivity contribution < 1.29 is 0 Å². The summed E-state index contributed by atoms with van der Waals surface area (Å²) in [5.41, 5.74) is 6.60. The van der Waals surface area contributed by atoms with Gasteiger partial charge in [0.2, 0.25) is 0 Å². The Balaban J connectivity index is 2.96. The van der Waals surface area contributed by atoms with Crippen LogP contribution in [0.2, 0.25) is 0 Å². The van der Waals surface area contributed by atoms with E-state index in [4.69, 9.17) is 5.73 Å². The van der Waals surface area contributed by atoms with Crippen molar-refractivity contribution in [3.05, 3.63) is 18.1 Å². The highest BCUT2D eigenvalue weighted by molar-refractivity contribution is 5.44. The van der Waals surface area contributed by atoms with E-state index in [-0.39, 0.29) is 0 Å². The Morgan fingerprint density at radius 1 is 1.38 bits per heavy atom. The van der Waals surface area contributed by atoms with Gasteiger partial charge >= 0.3 is 0 Å². The van der Waals surface area contributed by atoms with Crippen molar-refractivity contribution in [1.82, 2.24) is 9.97 Å². The van der Waals surface area contributed by atoms with Crippen molar-refractivity contribution >= 4 is 5.82 Å². The zero-order valence-electron chi connectivity index (χ0n) is 8.20. The molecule has 0 aliphatic carbocycles. The lowest BCUT2D eigenvalue weighted by Crippen LogP contribution is -2.25. The molecule has 0 fully saturated rings. The van der Waals surface area contributed by atoms with Crippen LogP contribution in [0, 0.1) is 0 Å². The molecule has 0 aromatic carbocycles. The molecule has 13 heavy (non-hydrogen) atoms. The van der Waals surface area contributed by atoms with Crippen molar-refractivity contribution in [3.63, 3.8) is 0 Å². The van der Waals surface area contributed by atoms with Crippen LogP contribution in [0.25, 0.3) is 0 Å². The number of rotatable bonds is 4. The molecule has 1 heterocycles. The number of hydrogen-bond donors (Lipinski definition) is 1. The predicted octanol–water partition coefficient (Wildman–Crippen LogP) is 0.781. The Morgan fingerprint density at radius 2 is 2.08 bits per heavy atom. The van der Waals surface area contributed by atoms with Gasteiger partial charge in [0.25, 0.3) is 0 Å². The third-order valence-electron chi connectivity index (χ3n) is 2.05. The van der Waals surface area contributed by atoms with Crippen LogP contribution in [-0.2, 0) is 6.54 Å². The molecule has 0 amide bonds. The van der Waals surface area contributed by atoms with Gasteiger partial charge in [-0.05, 0) is 13.8 Å². The Morgan fingerprint density at radius 3 is 2.62 bits per heavy atom. The van der Waals surface area contributed by atoms with Crippen molar-refractivity contribution in [1.29, 1.82) is 0 Å². The van der Waals surface area contributed by atoms with Crippen molar-refractivity contribution in [2.75, 3.05) is 18.0 Å². The monoisotopic (exact) mass is 180 g/mol. The smallest absolute Gasteiger partial charge is 0.136 e. The normalized spacial score (nSPS) is 10.1. The van der Waals surface area contributed by atoms with E-state index in [0.29, 0.717) is 6.54 Å². The van der Waals surface area contributed by atoms with E-state index in [0.717, 1.165) is 24.5 Å². The molecule has 0 spiro atoms. The van der Waals surface area contributed by atoms with Crippen LogP contribution in [0.15, 0.2) is 12.5 Å². The Kier molecular flexibility index (Phi) is 3.64. The van der Waals surface area contributed by atoms with Crippen LogP contribution >= 0.6 is 0 Å². The standard InChI is InChI=1S/C9H16N4/c1-3-13(4-2)9-8(5-10)6-11-7-12-9/h6-7H,3-5,10H2,1-2H3. The van der Waals surface area contributed by atoms with E-state index in [9.17, 15) is 0 Å². The van der Waals surface area contributed by atoms with Gasteiger partial charge in [-0.3, -0.25) is 0 Å². The van der Waals surface area contributed by atoms with Gasteiger partial charge in [0, 0.05) is 31.4 Å². The summed E-state index contributed by atoms with van der Waals surface area (Å²) in [5, 5.41) is 0. The summed E-state index contributed by atoms with van der Waals surface area (Å²) >= 11 is 0. The van der Waals surface area contributed by atoms with Gasteiger partial charge in [0.15, 0.2) is 0 Å². The SMILES string of the molecule is CCN(CC)c1ncncc1CN. The number of nitrogens with zero attached hydrogens (tertiary/aromatic N) is 3. The molecule has 0 bridgehead atoms. The molecule has 0 aliphatic rings. The fourth-order valence-electron chi connectivity index (χ4n) is 1.30. The molecule has 2 N–H and O–H groups in total. The summed E-state index contributed by atoms with van der Waals surface area (Å²) in [7, 11) is 0. The highest BCUT2D eigenvalue weighted by Gasteiger charge is 2.07. The van der Waals surface area contributed by atoms with Crippen molar-refractivity contribution in [3.8, 4) is 0 Å².